The van der Waals surface area contributed by atoms with Crippen molar-refractivity contribution in [1.29, 1.82) is 0 Å². The van der Waals surface area contributed by atoms with Crippen molar-refractivity contribution in [2.45, 2.75) is 6.43 Å². The quantitative estimate of drug-likeness (QED) is 0.750. The van der Waals surface area contributed by atoms with Crippen molar-refractivity contribution in [2.75, 3.05) is 0 Å². The summed E-state index contributed by atoms with van der Waals surface area (Å²) < 4.78 is 24.3. The summed E-state index contributed by atoms with van der Waals surface area (Å²) in [7, 11) is 0. The van der Waals surface area contributed by atoms with E-state index in [-0.39, 0.29) is 5.56 Å². The van der Waals surface area contributed by atoms with Gasteiger partial charge in [0.05, 0.1) is 5.02 Å². The molecule has 0 bridgehead atoms. The van der Waals surface area contributed by atoms with Gasteiger partial charge < -0.3 is 0 Å². The number of Topliss-reactive ketones (excluding diaryl/α,β-unsaturated/α-hetero) is 1. The number of ketones is 1. The molecular formula is C8H4BrClF2O. The first-order chi connectivity index (χ1) is 6.02. The lowest BCUT2D eigenvalue weighted by molar-refractivity contribution is 0.0678. The summed E-state index contributed by atoms with van der Waals surface area (Å²) in [6, 6.07) is 3.93. The molecule has 0 saturated carbocycles. The number of hydrogen-bond donors (Lipinski definition) is 0. The van der Waals surface area contributed by atoms with E-state index >= 15 is 0 Å². The van der Waals surface area contributed by atoms with Crippen LogP contribution in [0.1, 0.15) is 10.4 Å². The minimum atomic E-state index is -2.98. The zero-order chi connectivity index (χ0) is 10.0. The molecule has 13 heavy (non-hydrogen) atoms. The van der Waals surface area contributed by atoms with E-state index in [2.05, 4.69) is 15.9 Å². The third-order valence-electron chi connectivity index (χ3n) is 1.40. The Labute approximate surface area is 86.8 Å². The highest BCUT2D eigenvalue weighted by Gasteiger charge is 2.17. The molecule has 70 valence electrons. The van der Waals surface area contributed by atoms with Crippen LogP contribution in [0, 0.1) is 0 Å². The highest BCUT2D eigenvalue weighted by molar-refractivity contribution is 9.10. The molecule has 0 aliphatic carbocycles. The predicted octanol–water partition coefficient (Wildman–Crippen LogP) is 3.55. The lowest BCUT2D eigenvalue weighted by Gasteiger charge is -2.00. The molecule has 1 nitrogen and oxygen atoms in total. The smallest absolute Gasteiger partial charge is 0.288 e. The van der Waals surface area contributed by atoms with Gasteiger partial charge in [-0.05, 0) is 34.1 Å². The van der Waals surface area contributed by atoms with Crippen molar-refractivity contribution >= 4 is 33.3 Å². The fourth-order valence-electron chi connectivity index (χ4n) is 0.775. The van der Waals surface area contributed by atoms with Crippen LogP contribution < -0.4 is 0 Å². The Morgan fingerprint density at radius 1 is 1.46 bits per heavy atom. The Morgan fingerprint density at radius 3 is 2.54 bits per heavy atom. The fraction of sp³-hybridized carbons (Fsp3) is 0.125. The van der Waals surface area contributed by atoms with Gasteiger partial charge in [0.25, 0.3) is 0 Å². The van der Waals surface area contributed by atoms with Crippen molar-refractivity contribution in [3.8, 4) is 0 Å². The first-order valence-corrected chi connectivity index (χ1v) is 4.47. The van der Waals surface area contributed by atoms with Crippen molar-refractivity contribution in [3.63, 3.8) is 0 Å². The first-order valence-electron chi connectivity index (χ1n) is 3.30. The zero-order valence-electron chi connectivity index (χ0n) is 6.23. The second kappa shape index (κ2) is 4.15. The molecule has 0 atom stereocenters. The number of rotatable bonds is 2. The zero-order valence-corrected chi connectivity index (χ0v) is 8.57. The minimum absolute atomic E-state index is 0.0497. The summed E-state index contributed by atoms with van der Waals surface area (Å²) in [6.07, 6.45) is -2.98. The molecule has 0 heterocycles. The van der Waals surface area contributed by atoms with Gasteiger partial charge in [0.15, 0.2) is 0 Å². The molecule has 0 fully saturated rings. The van der Waals surface area contributed by atoms with Gasteiger partial charge in [-0.25, -0.2) is 8.78 Å². The van der Waals surface area contributed by atoms with Gasteiger partial charge in [0.1, 0.15) is 0 Å². The predicted molar refractivity (Wildman–Crippen MR) is 49.5 cm³/mol. The van der Waals surface area contributed by atoms with Crippen LogP contribution in [0.4, 0.5) is 8.78 Å². The number of alkyl halides is 2. The van der Waals surface area contributed by atoms with E-state index < -0.39 is 12.2 Å². The monoisotopic (exact) mass is 268 g/mol. The number of carbonyl (C=O) groups excluding carboxylic acids is 1. The van der Waals surface area contributed by atoms with Crippen molar-refractivity contribution in [2.24, 2.45) is 0 Å². The summed E-state index contributed by atoms with van der Waals surface area (Å²) in [5, 5.41) is 0.380. The average Bonchev–Trinajstić information content (AvgIpc) is 2.08. The molecule has 5 heteroatoms. The maximum atomic E-state index is 11.9. The number of halogens is 4. The topological polar surface area (TPSA) is 17.1 Å². The van der Waals surface area contributed by atoms with Gasteiger partial charge in [-0.15, -0.1) is 0 Å². The van der Waals surface area contributed by atoms with E-state index in [1.54, 1.807) is 0 Å². The molecule has 0 saturated heterocycles. The second-order valence-corrected chi connectivity index (χ2v) is 3.56. The Kier molecular flexibility index (Phi) is 3.39. The maximum absolute atomic E-state index is 11.9. The molecule has 0 unspecified atom stereocenters. The highest BCUT2D eigenvalue weighted by atomic mass is 79.9. The van der Waals surface area contributed by atoms with Crippen molar-refractivity contribution in [3.05, 3.63) is 33.3 Å². The van der Waals surface area contributed by atoms with Gasteiger partial charge in [-0.3, -0.25) is 4.79 Å². The van der Waals surface area contributed by atoms with Gasteiger partial charge in [-0.1, -0.05) is 11.6 Å². The second-order valence-electron chi connectivity index (χ2n) is 2.29. The van der Waals surface area contributed by atoms with E-state index in [0.29, 0.717) is 9.50 Å². The van der Waals surface area contributed by atoms with E-state index in [1.807, 2.05) is 0 Å². The van der Waals surface area contributed by atoms with Crippen LogP contribution in [0.25, 0.3) is 0 Å². The lowest BCUT2D eigenvalue weighted by atomic mass is 10.1. The Morgan fingerprint density at radius 2 is 2.08 bits per heavy atom. The van der Waals surface area contributed by atoms with Crippen LogP contribution in [0.5, 0.6) is 0 Å². The first kappa shape index (κ1) is 10.6. The lowest BCUT2D eigenvalue weighted by Crippen LogP contribution is -2.09. The SMILES string of the molecule is O=C(c1ccc(Cl)c(Br)c1)C(F)F. The van der Waals surface area contributed by atoms with Crippen LogP contribution in [-0.2, 0) is 0 Å². The molecule has 0 spiro atoms. The minimum Gasteiger partial charge on any atom is -0.288 e. The van der Waals surface area contributed by atoms with E-state index in [9.17, 15) is 13.6 Å². The van der Waals surface area contributed by atoms with Crippen LogP contribution in [0.15, 0.2) is 22.7 Å². The largest absolute Gasteiger partial charge is 0.300 e. The van der Waals surface area contributed by atoms with Crippen molar-refractivity contribution in [1.82, 2.24) is 0 Å². The van der Waals surface area contributed by atoms with Crippen LogP contribution in [0.2, 0.25) is 5.02 Å². The molecule has 0 radical (unpaired) electrons. The number of benzene rings is 1. The highest BCUT2D eigenvalue weighted by Crippen LogP contribution is 2.24. The van der Waals surface area contributed by atoms with Gasteiger partial charge >= 0.3 is 6.43 Å². The Balaban J connectivity index is 3.04. The molecule has 0 aliphatic heterocycles. The molecule has 1 rings (SSSR count). The van der Waals surface area contributed by atoms with Gasteiger partial charge in [0, 0.05) is 10.0 Å². The molecule has 1 aromatic carbocycles. The standard InChI is InChI=1S/C8H4BrClF2O/c9-5-3-4(1-2-6(5)10)7(13)8(11)12/h1-3,8H. The molecule has 0 N–H and O–H groups in total. The summed E-state index contributed by atoms with van der Waals surface area (Å²) >= 11 is 8.65. The molecule has 0 aliphatic rings. The van der Waals surface area contributed by atoms with Crippen LogP contribution in [0.3, 0.4) is 0 Å². The molecule has 0 amide bonds. The average molecular weight is 269 g/mol. The van der Waals surface area contributed by atoms with Crippen LogP contribution in [-0.4, -0.2) is 12.2 Å². The fourth-order valence-corrected chi connectivity index (χ4v) is 1.27. The molecular weight excluding hydrogens is 265 g/mol. The maximum Gasteiger partial charge on any atom is 0.300 e. The summed E-state index contributed by atoms with van der Waals surface area (Å²) in [5.74, 6) is -1.20. The number of hydrogen-bond acceptors (Lipinski definition) is 1. The Hall–Kier alpha value is -0.480. The normalized spacial score (nSPS) is 10.5. The van der Waals surface area contributed by atoms with E-state index in [0.717, 1.165) is 0 Å². The molecule has 1 aromatic rings. The van der Waals surface area contributed by atoms with Crippen molar-refractivity contribution < 1.29 is 13.6 Å². The van der Waals surface area contributed by atoms with Crippen LogP contribution >= 0.6 is 27.5 Å². The summed E-state index contributed by atoms with van der Waals surface area (Å²) in [4.78, 5) is 10.8. The van der Waals surface area contributed by atoms with E-state index in [4.69, 9.17) is 11.6 Å². The van der Waals surface area contributed by atoms with E-state index in [1.165, 1.54) is 18.2 Å². The number of carbonyl (C=O) groups is 1. The van der Waals surface area contributed by atoms with Gasteiger partial charge in [0.2, 0.25) is 5.78 Å². The summed E-state index contributed by atoms with van der Waals surface area (Å²) in [5.41, 5.74) is -0.0497. The third-order valence-corrected chi connectivity index (χ3v) is 2.62. The summed E-state index contributed by atoms with van der Waals surface area (Å²) in [6.45, 7) is 0. The third kappa shape index (κ3) is 2.48. The van der Waals surface area contributed by atoms with Gasteiger partial charge in [-0.2, -0.15) is 0 Å². The Bertz CT molecular complexity index is 341. The molecule has 0 aromatic heterocycles.